The zero-order chi connectivity index (χ0) is 14.1. The van der Waals surface area contributed by atoms with Gasteiger partial charge in [0, 0.05) is 6.20 Å². The van der Waals surface area contributed by atoms with Crippen molar-refractivity contribution in [1.29, 1.82) is 0 Å². The molecule has 0 bridgehead atoms. The number of carboxylic acids is 1. The first kappa shape index (κ1) is 14.7. The molecule has 18 heavy (non-hydrogen) atoms. The van der Waals surface area contributed by atoms with E-state index in [9.17, 15) is 18.3 Å². The van der Waals surface area contributed by atoms with E-state index in [1.807, 2.05) is 0 Å². The maximum atomic E-state index is 12.0. The molecule has 8 heteroatoms. The molecule has 0 spiro atoms. The van der Waals surface area contributed by atoms with Crippen LogP contribution in [0.3, 0.4) is 0 Å². The molecule has 0 aliphatic heterocycles. The maximum absolute atomic E-state index is 12.0. The molecule has 0 radical (unpaired) electrons. The minimum atomic E-state index is -3.88. The Morgan fingerprint density at radius 1 is 1.50 bits per heavy atom. The molecule has 1 heterocycles. The van der Waals surface area contributed by atoms with Gasteiger partial charge in [0.1, 0.15) is 10.6 Å². The summed E-state index contributed by atoms with van der Waals surface area (Å²) in [6, 6.07) is 1.02. The molecule has 1 unspecified atom stereocenters. The Bertz CT molecular complexity index is 544. The fourth-order valence-electron chi connectivity index (χ4n) is 1.14. The lowest BCUT2D eigenvalue weighted by Crippen LogP contribution is -2.50. The Morgan fingerprint density at radius 3 is 2.44 bits per heavy atom. The number of hydrogen-bond donors (Lipinski definition) is 4. The van der Waals surface area contributed by atoms with E-state index in [0.29, 0.717) is 0 Å². The molecule has 1 atom stereocenters. The Kier molecular flexibility index (Phi) is 3.84. The zero-order valence-electron chi connectivity index (χ0n) is 10.3. The smallest absolute Gasteiger partial charge is 0.352 e. The maximum Gasteiger partial charge on any atom is 0.352 e. The van der Waals surface area contributed by atoms with Crippen LogP contribution in [0.15, 0.2) is 17.2 Å². The van der Waals surface area contributed by atoms with Crippen molar-refractivity contribution in [2.45, 2.75) is 37.3 Å². The van der Waals surface area contributed by atoms with E-state index in [0.717, 1.165) is 12.3 Å². The van der Waals surface area contributed by atoms with Crippen molar-refractivity contribution >= 4 is 16.0 Å². The van der Waals surface area contributed by atoms with Crippen molar-refractivity contribution in [3.63, 3.8) is 0 Å². The molecule has 1 aromatic rings. The van der Waals surface area contributed by atoms with Gasteiger partial charge in [-0.15, -0.1) is 0 Å². The normalized spacial score (nSPS) is 14.4. The summed E-state index contributed by atoms with van der Waals surface area (Å²) in [6.07, 6.45) is 0.189. The Hall–Kier alpha value is -1.38. The van der Waals surface area contributed by atoms with Gasteiger partial charge >= 0.3 is 5.97 Å². The first-order valence-corrected chi connectivity index (χ1v) is 6.68. The molecule has 102 valence electrons. The van der Waals surface area contributed by atoms with Gasteiger partial charge in [0.15, 0.2) is 0 Å². The van der Waals surface area contributed by atoms with Crippen LogP contribution in [0.5, 0.6) is 0 Å². The monoisotopic (exact) mass is 276 g/mol. The van der Waals surface area contributed by atoms with Gasteiger partial charge < -0.3 is 15.2 Å². The van der Waals surface area contributed by atoms with Crippen LogP contribution >= 0.6 is 0 Å². The third-order valence-electron chi connectivity index (χ3n) is 2.64. The highest BCUT2D eigenvalue weighted by Crippen LogP contribution is 2.16. The summed E-state index contributed by atoms with van der Waals surface area (Å²) in [5, 5.41) is 18.2. The van der Waals surface area contributed by atoms with Crippen molar-refractivity contribution < 1.29 is 23.4 Å². The van der Waals surface area contributed by atoms with E-state index in [2.05, 4.69) is 9.71 Å². The molecular formula is C10H16N2O5S. The van der Waals surface area contributed by atoms with E-state index in [1.54, 1.807) is 0 Å². The van der Waals surface area contributed by atoms with Gasteiger partial charge in [0.2, 0.25) is 10.0 Å². The fourth-order valence-corrected chi connectivity index (χ4v) is 2.61. The van der Waals surface area contributed by atoms with Crippen LogP contribution < -0.4 is 4.72 Å². The van der Waals surface area contributed by atoms with Gasteiger partial charge in [-0.25, -0.2) is 17.9 Å². The standard InChI is InChI=1S/C10H16N2O5S/c1-6(13)10(2,3)12-18(16,17)7-4-8(9(14)15)11-5-7/h4-6,11-13H,1-3H3,(H,14,15). The third-order valence-corrected chi connectivity index (χ3v) is 4.29. The van der Waals surface area contributed by atoms with Crippen LogP contribution in [0.25, 0.3) is 0 Å². The number of H-pyrrole nitrogens is 1. The van der Waals surface area contributed by atoms with E-state index in [4.69, 9.17) is 5.11 Å². The molecule has 1 rings (SSSR count). The highest BCUT2D eigenvalue weighted by atomic mass is 32.2. The van der Waals surface area contributed by atoms with Gasteiger partial charge in [0.25, 0.3) is 0 Å². The second-order valence-corrected chi connectivity index (χ2v) is 6.24. The number of aromatic nitrogens is 1. The molecule has 0 aromatic carbocycles. The SMILES string of the molecule is CC(O)C(C)(C)NS(=O)(=O)c1c[nH]c(C(=O)O)c1. The van der Waals surface area contributed by atoms with Crippen molar-refractivity contribution in [3.05, 3.63) is 18.0 Å². The summed E-state index contributed by atoms with van der Waals surface area (Å²) in [4.78, 5) is 12.8. The number of rotatable bonds is 5. The predicted molar refractivity (Wildman–Crippen MR) is 63.8 cm³/mol. The quantitative estimate of drug-likeness (QED) is 0.610. The third kappa shape index (κ3) is 3.09. The van der Waals surface area contributed by atoms with Crippen LogP contribution in [0.1, 0.15) is 31.3 Å². The number of aliphatic hydroxyl groups is 1. The van der Waals surface area contributed by atoms with Gasteiger partial charge in [-0.2, -0.15) is 0 Å². The number of sulfonamides is 1. The molecule has 0 saturated carbocycles. The van der Waals surface area contributed by atoms with Crippen LogP contribution in [-0.2, 0) is 10.0 Å². The second-order valence-electron chi connectivity index (χ2n) is 4.56. The summed E-state index contributed by atoms with van der Waals surface area (Å²) in [5.74, 6) is -1.24. The van der Waals surface area contributed by atoms with Gasteiger partial charge in [-0.1, -0.05) is 0 Å². The topological polar surface area (TPSA) is 119 Å². The van der Waals surface area contributed by atoms with Crippen molar-refractivity contribution in [3.8, 4) is 0 Å². The molecule has 0 aliphatic rings. The molecule has 4 N–H and O–H groups in total. The molecule has 0 amide bonds. The average molecular weight is 276 g/mol. The number of carboxylic acid groups (broad SMARTS) is 1. The van der Waals surface area contributed by atoms with Crippen LogP contribution in [0.2, 0.25) is 0 Å². The largest absolute Gasteiger partial charge is 0.477 e. The number of aromatic carboxylic acids is 1. The average Bonchev–Trinajstić information content (AvgIpc) is 2.64. The molecule has 1 aromatic heterocycles. The number of nitrogens with one attached hydrogen (secondary N) is 2. The lowest BCUT2D eigenvalue weighted by Gasteiger charge is -2.28. The van der Waals surface area contributed by atoms with Crippen LogP contribution in [-0.4, -0.2) is 41.2 Å². The lowest BCUT2D eigenvalue weighted by atomic mass is 10.0. The van der Waals surface area contributed by atoms with Crippen molar-refractivity contribution in [2.24, 2.45) is 0 Å². The number of aromatic amines is 1. The number of aliphatic hydroxyl groups excluding tert-OH is 1. The summed E-state index contributed by atoms with van der Waals surface area (Å²) >= 11 is 0. The number of hydrogen-bond acceptors (Lipinski definition) is 4. The Labute approximate surface area is 105 Å². The van der Waals surface area contributed by atoms with Crippen molar-refractivity contribution in [1.82, 2.24) is 9.71 Å². The molecular weight excluding hydrogens is 260 g/mol. The summed E-state index contributed by atoms with van der Waals surface area (Å²) in [7, 11) is -3.88. The zero-order valence-corrected chi connectivity index (χ0v) is 11.1. The predicted octanol–water partition coefficient (Wildman–Crippen LogP) is 0.151. The van der Waals surface area contributed by atoms with E-state index >= 15 is 0 Å². The highest BCUT2D eigenvalue weighted by Gasteiger charge is 2.31. The van der Waals surface area contributed by atoms with Crippen LogP contribution in [0, 0.1) is 0 Å². The summed E-state index contributed by atoms with van der Waals surface area (Å²) < 4.78 is 26.2. The van der Waals surface area contributed by atoms with Crippen molar-refractivity contribution in [2.75, 3.05) is 0 Å². The number of carbonyl (C=O) groups is 1. The molecule has 0 saturated heterocycles. The first-order chi connectivity index (χ1) is 8.06. The lowest BCUT2D eigenvalue weighted by molar-refractivity contribution is 0.0691. The second kappa shape index (κ2) is 4.71. The first-order valence-electron chi connectivity index (χ1n) is 5.20. The van der Waals surface area contributed by atoms with E-state index in [1.165, 1.54) is 20.8 Å². The Morgan fingerprint density at radius 2 is 2.06 bits per heavy atom. The van der Waals surface area contributed by atoms with Gasteiger partial charge in [-0.05, 0) is 26.8 Å². The highest BCUT2D eigenvalue weighted by molar-refractivity contribution is 7.89. The van der Waals surface area contributed by atoms with E-state index in [-0.39, 0.29) is 10.6 Å². The summed E-state index contributed by atoms with van der Waals surface area (Å²) in [5.41, 5.74) is -1.27. The van der Waals surface area contributed by atoms with E-state index < -0.39 is 27.6 Å². The van der Waals surface area contributed by atoms with Crippen LogP contribution in [0.4, 0.5) is 0 Å². The molecule has 0 aliphatic carbocycles. The minimum absolute atomic E-state index is 0.186. The van der Waals surface area contributed by atoms with Gasteiger partial charge in [0.05, 0.1) is 11.6 Å². The summed E-state index contributed by atoms with van der Waals surface area (Å²) in [6.45, 7) is 4.52. The Balaban J connectivity index is 3.03. The van der Waals surface area contributed by atoms with Gasteiger partial charge in [-0.3, -0.25) is 0 Å². The fraction of sp³-hybridized carbons (Fsp3) is 0.500. The minimum Gasteiger partial charge on any atom is -0.477 e. The molecule has 0 fully saturated rings. The molecule has 7 nitrogen and oxygen atoms in total.